The summed E-state index contributed by atoms with van der Waals surface area (Å²) < 4.78 is 49.5. The van der Waals surface area contributed by atoms with Gasteiger partial charge in [0.05, 0.1) is 0 Å². The number of nitrogens with one attached hydrogen (secondary N) is 1. The minimum absolute atomic E-state index is 0.00168. The number of hydrogen-bond donors (Lipinski definition) is 1. The second-order valence-electron chi connectivity index (χ2n) is 4.44. The predicted octanol–water partition coefficient (Wildman–Crippen LogP) is 3.31. The van der Waals surface area contributed by atoms with Gasteiger partial charge in [0, 0.05) is 24.3 Å². The maximum atomic E-state index is 13.2. The van der Waals surface area contributed by atoms with Crippen LogP contribution >= 0.6 is 11.8 Å². The third-order valence-corrected chi connectivity index (χ3v) is 3.95. The fourth-order valence-electron chi connectivity index (χ4n) is 2.13. The quantitative estimate of drug-likeness (QED) is 0.849. The molecule has 1 nitrogen and oxygen atoms in total. The van der Waals surface area contributed by atoms with Crippen LogP contribution in [-0.2, 0) is 5.41 Å². The zero-order valence-electron chi connectivity index (χ0n) is 9.56. The number of thioether (sulfide) groups is 1. The Morgan fingerprint density at radius 1 is 1.28 bits per heavy atom. The van der Waals surface area contributed by atoms with E-state index in [0.717, 1.165) is 5.56 Å². The van der Waals surface area contributed by atoms with Gasteiger partial charge < -0.3 is 5.32 Å². The van der Waals surface area contributed by atoms with Gasteiger partial charge in [-0.2, -0.15) is 13.2 Å². The van der Waals surface area contributed by atoms with Crippen LogP contribution in [-0.4, -0.2) is 24.4 Å². The molecule has 1 fully saturated rings. The molecule has 2 rings (SSSR count). The van der Waals surface area contributed by atoms with Crippen molar-refractivity contribution in [1.29, 1.82) is 0 Å². The summed E-state index contributed by atoms with van der Waals surface area (Å²) in [6.45, 7) is 1.21. The molecule has 6 heteroatoms. The normalized spacial score (nSPS) is 18.4. The molecule has 1 heterocycles. The number of rotatable bonds is 4. The van der Waals surface area contributed by atoms with Crippen LogP contribution in [0.5, 0.6) is 0 Å². The Bertz CT molecular complexity index is 415. The second-order valence-corrected chi connectivity index (χ2v) is 5.60. The fraction of sp³-hybridized carbons (Fsp3) is 0.500. The maximum absolute atomic E-state index is 13.2. The summed E-state index contributed by atoms with van der Waals surface area (Å²) in [7, 11) is 0. The Hall–Kier alpha value is -0.750. The van der Waals surface area contributed by atoms with E-state index in [0.29, 0.717) is 19.5 Å². The smallest absolute Gasteiger partial charge is 0.315 e. The highest BCUT2D eigenvalue weighted by molar-refractivity contribution is 8.00. The first kappa shape index (κ1) is 13.7. The lowest BCUT2D eigenvalue weighted by molar-refractivity contribution is -0.0329. The molecule has 0 aliphatic carbocycles. The number of alkyl halides is 3. The van der Waals surface area contributed by atoms with Crippen LogP contribution in [0.1, 0.15) is 12.0 Å². The van der Waals surface area contributed by atoms with Gasteiger partial charge in [-0.15, -0.1) is 0 Å². The van der Waals surface area contributed by atoms with E-state index in [9.17, 15) is 17.6 Å². The highest BCUT2D eigenvalue weighted by atomic mass is 32.2. The van der Waals surface area contributed by atoms with Gasteiger partial charge in [-0.3, -0.25) is 0 Å². The molecule has 0 atom stereocenters. The van der Waals surface area contributed by atoms with Crippen LogP contribution in [0, 0.1) is 5.82 Å². The topological polar surface area (TPSA) is 12.0 Å². The molecule has 0 unspecified atom stereocenters. The molecule has 0 radical (unpaired) electrons. The van der Waals surface area contributed by atoms with Crippen LogP contribution < -0.4 is 5.32 Å². The van der Waals surface area contributed by atoms with Crippen molar-refractivity contribution in [3.05, 3.63) is 35.6 Å². The van der Waals surface area contributed by atoms with Crippen LogP contribution in [0.3, 0.4) is 0 Å². The van der Waals surface area contributed by atoms with E-state index in [-0.39, 0.29) is 28.7 Å². The molecule has 0 amide bonds. The van der Waals surface area contributed by atoms with Gasteiger partial charge in [-0.05, 0) is 24.1 Å². The first-order valence-corrected chi connectivity index (χ1v) is 6.57. The van der Waals surface area contributed by atoms with Crippen molar-refractivity contribution >= 4 is 11.8 Å². The van der Waals surface area contributed by atoms with E-state index in [4.69, 9.17) is 0 Å². The van der Waals surface area contributed by atoms with Crippen molar-refractivity contribution in [2.75, 3.05) is 18.8 Å². The van der Waals surface area contributed by atoms with Gasteiger partial charge in [-0.25, -0.2) is 4.39 Å². The first-order chi connectivity index (χ1) is 8.41. The van der Waals surface area contributed by atoms with Crippen molar-refractivity contribution in [2.24, 2.45) is 0 Å². The highest BCUT2D eigenvalue weighted by Gasteiger charge is 2.39. The minimum Gasteiger partial charge on any atom is -0.315 e. The van der Waals surface area contributed by atoms with Crippen molar-refractivity contribution in [2.45, 2.75) is 17.3 Å². The molecular formula is C12H13F4NS. The molecule has 1 aromatic carbocycles. The van der Waals surface area contributed by atoms with Crippen molar-refractivity contribution in [3.63, 3.8) is 0 Å². The molecule has 1 aromatic rings. The van der Waals surface area contributed by atoms with Crippen LogP contribution in [0.15, 0.2) is 24.3 Å². The summed E-state index contributed by atoms with van der Waals surface area (Å²) in [5.41, 5.74) is -3.76. The number of hydrogen-bond acceptors (Lipinski definition) is 2. The number of benzene rings is 1. The second kappa shape index (κ2) is 5.09. The van der Waals surface area contributed by atoms with E-state index in [2.05, 4.69) is 5.32 Å². The molecule has 18 heavy (non-hydrogen) atoms. The summed E-state index contributed by atoms with van der Waals surface area (Å²) >= 11 is -0.0130. The number of halogens is 4. The Morgan fingerprint density at radius 3 is 2.50 bits per heavy atom. The summed E-state index contributed by atoms with van der Waals surface area (Å²) in [4.78, 5) is 0. The van der Waals surface area contributed by atoms with Gasteiger partial charge in [0.2, 0.25) is 0 Å². The zero-order chi connectivity index (χ0) is 13.2. The van der Waals surface area contributed by atoms with Gasteiger partial charge in [0.1, 0.15) is 5.82 Å². The lowest BCUT2D eigenvalue weighted by Crippen LogP contribution is -2.57. The summed E-state index contributed by atoms with van der Waals surface area (Å²) in [5.74, 6) is -0.343. The first-order valence-electron chi connectivity index (χ1n) is 5.59. The van der Waals surface area contributed by atoms with Crippen LogP contribution in [0.25, 0.3) is 0 Å². The molecule has 1 aliphatic heterocycles. The van der Waals surface area contributed by atoms with Crippen LogP contribution in [0.2, 0.25) is 0 Å². The van der Waals surface area contributed by atoms with E-state index in [1.54, 1.807) is 12.1 Å². The van der Waals surface area contributed by atoms with Gasteiger partial charge in [0.15, 0.2) is 0 Å². The molecule has 1 saturated heterocycles. The van der Waals surface area contributed by atoms with Crippen LogP contribution in [0.4, 0.5) is 17.6 Å². The molecule has 1 aliphatic rings. The Labute approximate surface area is 107 Å². The van der Waals surface area contributed by atoms with E-state index in [1.165, 1.54) is 12.1 Å². The zero-order valence-corrected chi connectivity index (χ0v) is 10.4. The van der Waals surface area contributed by atoms with Crippen molar-refractivity contribution in [3.8, 4) is 0 Å². The van der Waals surface area contributed by atoms with Crippen molar-refractivity contribution < 1.29 is 17.6 Å². The Kier molecular flexibility index (Phi) is 3.87. The molecule has 0 saturated carbocycles. The summed E-state index contributed by atoms with van der Waals surface area (Å²) in [6, 6.07) is 6.14. The third kappa shape index (κ3) is 3.17. The Morgan fingerprint density at radius 2 is 2.00 bits per heavy atom. The summed E-state index contributed by atoms with van der Waals surface area (Å²) in [5, 5.41) is 3.05. The molecule has 0 bridgehead atoms. The predicted molar refractivity (Wildman–Crippen MR) is 64.1 cm³/mol. The summed E-state index contributed by atoms with van der Waals surface area (Å²) in [6.07, 6.45) is 0.396. The highest BCUT2D eigenvalue weighted by Crippen LogP contribution is 2.37. The largest absolute Gasteiger partial charge is 0.441 e. The van der Waals surface area contributed by atoms with E-state index < -0.39 is 5.51 Å². The lowest BCUT2D eigenvalue weighted by atomic mass is 9.73. The average molecular weight is 279 g/mol. The maximum Gasteiger partial charge on any atom is 0.441 e. The van der Waals surface area contributed by atoms with Crippen molar-refractivity contribution in [1.82, 2.24) is 5.32 Å². The third-order valence-electron chi connectivity index (χ3n) is 3.21. The van der Waals surface area contributed by atoms with E-state index >= 15 is 0 Å². The minimum atomic E-state index is -4.19. The van der Waals surface area contributed by atoms with E-state index in [1.807, 2.05) is 0 Å². The monoisotopic (exact) mass is 279 g/mol. The molecule has 100 valence electrons. The van der Waals surface area contributed by atoms with Gasteiger partial charge in [0.25, 0.3) is 0 Å². The SMILES string of the molecule is Fc1cccc(C2(CCSC(F)(F)F)CNC2)c1. The molecular weight excluding hydrogens is 266 g/mol. The molecule has 1 N–H and O–H groups in total. The molecule has 0 spiro atoms. The standard InChI is InChI=1S/C12H13F4NS/c13-10-3-1-2-9(6-10)11(7-17-8-11)4-5-18-12(14,15)16/h1-3,6,17H,4-5,7-8H2. The fourth-order valence-corrected chi connectivity index (χ4v) is 2.86. The lowest BCUT2D eigenvalue weighted by Gasteiger charge is -2.43. The molecule has 0 aromatic heterocycles. The van der Waals surface area contributed by atoms with Gasteiger partial charge in [-0.1, -0.05) is 23.9 Å². The average Bonchev–Trinajstić information content (AvgIpc) is 2.20. The van der Waals surface area contributed by atoms with Gasteiger partial charge >= 0.3 is 5.51 Å². The Balaban J connectivity index is 2.03.